The van der Waals surface area contributed by atoms with Crippen molar-refractivity contribution < 1.29 is 4.79 Å². The van der Waals surface area contributed by atoms with Crippen LogP contribution in [0, 0.1) is 0 Å². The lowest BCUT2D eigenvalue weighted by Gasteiger charge is -2.01. The number of thiophene rings is 1. The Morgan fingerprint density at radius 2 is 1.92 bits per heavy atom. The summed E-state index contributed by atoms with van der Waals surface area (Å²) in [6, 6.07) is 12.8. The minimum Gasteiger partial charge on any atom is -0.306 e. The highest BCUT2D eigenvalue weighted by atomic mass is 35.5. The van der Waals surface area contributed by atoms with Crippen molar-refractivity contribution in [2.75, 3.05) is 5.32 Å². The average Bonchev–Trinajstić information content (AvgIpc) is 3.03. The number of carbonyl (C=O) groups excluding carboxylic acids is 1. The van der Waals surface area contributed by atoms with Gasteiger partial charge in [0, 0.05) is 21.7 Å². The number of hydrogen-bond acceptors (Lipinski definition) is 4. The number of hydrogen-bond donors (Lipinski definition) is 1. The fourth-order valence-corrected chi connectivity index (χ4v) is 3.91. The summed E-state index contributed by atoms with van der Waals surface area (Å²) in [4.78, 5) is 21.5. The molecule has 0 saturated heterocycles. The third kappa shape index (κ3) is 2.71. The quantitative estimate of drug-likeness (QED) is 0.478. The maximum Gasteiger partial charge on any atom is 0.266 e. The molecule has 4 aromatic rings. The van der Waals surface area contributed by atoms with E-state index in [4.69, 9.17) is 23.2 Å². The predicted octanol–water partition coefficient (Wildman–Crippen LogP) is 5.40. The normalized spacial score (nSPS) is 11.1. The first-order chi connectivity index (χ1) is 11.6. The van der Waals surface area contributed by atoms with Gasteiger partial charge in [0.05, 0.1) is 15.4 Å². The second-order valence-corrected chi connectivity index (χ2v) is 6.94. The standard InChI is InChI=1S/C17H9Cl2N3OS/c18-9-5-6-14(20-8-9)22-17(23)13-7-11-15(24-13)10-3-1-2-4-12(10)21-16(11)19/h1-8H,(H,20,22,23). The van der Waals surface area contributed by atoms with E-state index < -0.39 is 0 Å². The number of pyridine rings is 2. The molecule has 0 aliphatic rings. The van der Waals surface area contributed by atoms with Gasteiger partial charge in [-0.15, -0.1) is 11.3 Å². The van der Waals surface area contributed by atoms with Crippen LogP contribution >= 0.6 is 34.5 Å². The zero-order chi connectivity index (χ0) is 16.7. The number of nitrogens with one attached hydrogen (secondary N) is 1. The molecular formula is C17H9Cl2N3OS. The molecule has 0 saturated carbocycles. The number of para-hydroxylation sites is 1. The highest BCUT2D eigenvalue weighted by Gasteiger charge is 2.15. The maximum atomic E-state index is 12.5. The number of carbonyl (C=O) groups is 1. The van der Waals surface area contributed by atoms with Crippen molar-refractivity contribution in [1.82, 2.24) is 9.97 Å². The molecule has 0 bridgehead atoms. The van der Waals surface area contributed by atoms with E-state index in [2.05, 4.69) is 15.3 Å². The minimum atomic E-state index is -0.244. The molecule has 4 rings (SSSR count). The van der Waals surface area contributed by atoms with E-state index in [0.717, 1.165) is 21.0 Å². The number of nitrogens with zero attached hydrogens (tertiary/aromatic N) is 2. The number of anilines is 1. The Morgan fingerprint density at radius 3 is 2.71 bits per heavy atom. The van der Waals surface area contributed by atoms with Crippen molar-refractivity contribution in [3.05, 3.63) is 63.7 Å². The first-order valence-electron chi connectivity index (χ1n) is 7.02. The van der Waals surface area contributed by atoms with Crippen LogP contribution in [-0.2, 0) is 0 Å². The number of rotatable bonds is 2. The molecule has 0 fully saturated rings. The summed E-state index contributed by atoms with van der Waals surface area (Å²) >= 11 is 13.4. The van der Waals surface area contributed by atoms with Gasteiger partial charge in [0.25, 0.3) is 5.91 Å². The number of amides is 1. The van der Waals surface area contributed by atoms with E-state index in [1.54, 1.807) is 18.2 Å². The topological polar surface area (TPSA) is 54.9 Å². The summed E-state index contributed by atoms with van der Waals surface area (Å²) in [5.41, 5.74) is 0.808. The summed E-state index contributed by atoms with van der Waals surface area (Å²) in [5, 5.41) is 5.41. The van der Waals surface area contributed by atoms with Crippen molar-refractivity contribution in [3.8, 4) is 0 Å². The summed E-state index contributed by atoms with van der Waals surface area (Å²) in [6.07, 6.45) is 1.48. The molecule has 0 aliphatic carbocycles. The highest BCUT2D eigenvalue weighted by molar-refractivity contribution is 7.22. The largest absolute Gasteiger partial charge is 0.306 e. The second kappa shape index (κ2) is 6.02. The van der Waals surface area contributed by atoms with Crippen molar-refractivity contribution in [2.45, 2.75) is 0 Å². The number of benzene rings is 1. The van der Waals surface area contributed by atoms with E-state index in [-0.39, 0.29) is 5.91 Å². The molecule has 4 nitrogen and oxygen atoms in total. The predicted molar refractivity (Wildman–Crippen MR) is 99.3 cm³/mol. The van der Waals surface area contributed by atoms with Crippen LogP contribution in [0.1, 0.15) is 9.67 Å². The van der Waals surface area contributed by atoms with Gasteiger partial charge in [-0.3, -0.25) is 4.79 Å². The van der Waals surface area contributed by atoms with Crippen LogP contribution in [0.4, 0.5) is 5.82 Å². The molecule has 0 atom stereocenters. The molecule has 1 N–H and O–H groups in total. The monoisotopic (exact) mass is 373 g/mol. The van der Waals surface area contributed by atoms with Gasteiger partial charge in [0.15, 0.2) is 0 Å². The van der Waals surface area contributed by atoms with Crippen LogP contribution in [0.15, 0.2) is 48.7 Å². The Kier molecular flexibility index (Phi) is 3.84. The van der Waals surface area contributed by atoms with Crippen LogP contribution in [0.3, 0.4) is 0 Å². The zero-order valence-electron chi connectivity index (χ0n) is 12.1. The van der Waals surface area contributed by atoms with E-state index in [9.17, 15) is 4.79 Å². The molecule has 24 heavy (non-hydrogen) atoms. The molecule has 0 radical (unpaired) electrons. The van der Waals surface area contributed by atoms with Gasteiger partial charge in [-0.05, 0) is 24.3 Å². The van der Waals surface area contributed by atoms with Crippen LogP contribution < -0.4 is 5.32 Å². The Balaban J connectivity index is 1.77. The number of fused-ring (bicyclic) bond motifs is 3. The molecule has 1 amide bonds. The summed E-state index contributed by atoms with van der Waals surface area (Å²) in [7, 11) is 0. The van der Waals surface area contributed by atoms with E-state index in [1.807, 2.05) is 24.3 Å². The molecule has 0 spiro atoms. The second-order valence-electron chi connectivity index (χ2n) is 5.09. The van der Waals surface area contributed by atoms with Gasteiger partial charge in [0.1, 0.15) is 11.0 Å². The fourth-order valence-electron chi connectivity index (χ4n) is 2.41. The third-order valence-electron chi connectivity index (χ3n) is 3.51. The molecule has 7 heteroatoms. The van der Waals surface area contributed by atoms with Gasteiger partial charge in [-0.2, -0.15) is 0 Å². The van der Waals surface area contributed by atoms with Gasteiger partial charge in [0.2, 0.25) is 0 Å². The Bertz CT molecular complexity index is 1080. The summed E-state index contributed by atoms with van der Waals surface area (Å²) < 4.78 is 0.944. The van der Waals surface area contributed by atoms with E-state index in [0.29, 0.717) is 20.9 Å². The minimum absolute atomic E-state index is 0.244. The average molecular weight is 374 g/mol. The van der Waals surface area contributed by atoms with Crippen molar-refractivity contribution in [3.63, 3.8) is 0 Å². The van der Waals surface area contributed by atoms with Crippen LogP contribution in [-0.4, -0.2) is 15.9 Å². The van der Waals surface area contributed by atoms with Crippen molar-refractivity contribution >= 4 is 67.3 Å². The van der Waals surface area contributed by atoms with Gasteiger partial charge < -0.3 is 5.32 Å². The van der Waals surface area contributed by atoms with Gasteiger partial charge in [-0.25, -0.2) is 9.97 Å². The van der Waals surface area contributed by atoms with Crippen molar-refractivity contribution in [2.24, 2.45) is 0 Å². The summed E-state index contributed by atoms with van der Waals surface area (Å²) in [6.45, 7) is 0. The number of halogens is 2. The smallest absolute Gasteiger partial charge is 0.266 e. The summed E-state index contributed by atoms with van der Waals surface area (Å²) in [5.74, 6) is 0.196. The number of aromatic nitrogens is 2. The molecule has 1 aromatic carbocycles. The SMILES string of the molecule is O=C(Nc1ccc(Cl)cn1)c1cc2c(Cl)nc3ccccc3c2s1. The van der Waals surface area contributed by atoms with E-state index in [1.165, 1.54) is 17.5 Å². The molecule has 3 aromatic heterocycles. The molecule has 0 aliphatic heterocycles. The fraction of sp³-hybridized carbons (Fsp3) is 0. The Morgan fingerprint density at radius 1 is 1.08 bits per heavy atom. The lowest BCUT2D eigenvalue weighted by molar-refractivity contribution is 0.103. The molecule has 118 valence electrons. The zero-order valence-corrected chi connectivity index (χ0v) is 14.4. The first kappa shape index (κ1) is 15.3. The maximum absolute atomic E-state index is 12.5. The lowest BCUT2D eigenvalue weighted by Crippen LogP contribution is -2.10. The van der Waals surface area contributed by atoms with Crippen LogP contribution in [0.25, 0.3) is 21.0 Å². The van der Waals surface area contributed by atoms with Gasteiger partial charge in [-0.1, -0.05) is 41.4 Å². The molecular weight excluding hydrogens is 365 g/mol. The third-order valence-corrected chi connectivity index (χ3v) is 5.19. The van der Waals surface area contributed by atoms with E-state index >= 15 is 0 Å². The van der Waals surface area contributed by atoms with Crippen molar-refractivity contribution in [1.29, 1.82) is 0 Å². The Hall–Kier alpha value is -2.21. The highest BCUT2D eigenvalue weighted by Crippen LogP contribution is 2.35. The van der Waals surface area contributed by atoms with Gasteiger partial charge >= 0.3 is 0 Å². The Labute approximate surface area is 151 Å². The molecule has 0 unspecified atom stereocenters. The van der Waals surface area contributed by atoms with Crippen LogP contribution in [0.2, 0.25) is 10.2 Å². The first-order valence-corrected chi connectivity index (χ1v) is 8.60. The lowest BCUT2D eigenvalue weighted by atomic mass is 10.2. The molecule has 3 heterocycles. The van der Waals surface area contributed by atoms with Crippen LogP contribution in [0.5, 0.6) is 0 Å².